The number of likely N-dealkylation sites (tertiary alicyclic amines) is 1. The van der Waals surface area contributed by atoms with Gasteiger partial charge in [-0.2, -0.15) is 0 Å². The normalized spacial score (nSPS) is 27.6. The minimum Gasteiger partial charge on any atom is -0.329 e. The van der Waals surface area contributed by atoms with Crippen LogP contribution < -0.4 is 5.73 Å². The van der Waals surface area contributed by atoms with Crippen molar-refractivity contribution in [1.29, 1.82) is 0 Å². The molecule has 1 aliphatic heterocycles. The van der Waals surface area contributed by atoms with Crippen molar-refractivity contribution in [2.24, 2.45) is 5.73 Å². The van der Waals surface area contributed by atoms with Crippen LogP contribution in [0.15, 0.2) is 0 Å². The van der Waals surface area contributed by atoms with Crippen LogP contribution in [0.25, 0.3) is 0 Å². The van der Waals surface area contributed by atoms with Crippen LogP contribution in [0.4, 0.5) is 0 Å². The predicted octanol–water partition coefficient (Wildman–Crippen LogP) is 2.77. The third kappa shape index (κ3) is 2.94. The zero-order valence-electron chi connectivity index (χ0n) is 10.8. The zero-order valence-corrected chi connectivity index (χ0v) is 10.8. The fourth-order valence-corrected chi connectivity index (χ4v) is 3.04. The first-order chi connectivity index (χ1) is 7.18. The van der Waals surface area contributed by atoms with Gasteiger partial charge in [-0.1, -0.05) is 26.7 Å². The number of piperidine rings is 1. The van der Waals surface area contributed by atoms with Crippen LogP contribution >= 0.6 is 0 Å². The molecule has 1 fully saturated rings. The molecule has 1 aliphatic rings. The Bertz CT molecular complexity index is 181. The lowest BCUT2D eigenvalue weighted by atomic mass is 9.87. The molecule has 0 spiro atoms. The Labute approximate surface area is 95.2 Å². The lowest BCUT2D eigenvalue weighted by Gasteiger charge is -2.48. The van der Waals surface area contributed by atoms with Crippen molar-refractivity contribution in [3.05, 3.63) is 0 Å². The maximum Gasteiger partial charge on any atom is 0.0306 e. The van der Waals surface area contributed by atoms with E-state index in [1.165, 1.54) is 45.1 Å². The number of rotatable bonds is 5. The van der Waals surface area contributed by atoms with E-state index in [1.54, 1.807) is 0 Å². The Hall–Kier alpha value is -0.0800. The van der Waals surface area contributed by atoms with Gasteiger partial charge in [0.05, 0.1) is 0 Å². The number of hydrogen-bond acceptors (Lipinski definition) is 2. The van der Waals surface area contributed by atoms with E-state index in [4.69, 9.17) is 5.73 Å². The molecule has 1 saturated heterocycles. The average molecular weight is 212 g/mol. The van der Waals surface area contributed by atoms with Gasteiger partial charge in [-0.3, -0.25) is 4.90 Å². The summed E-state index contributed by atoms with van der Waals surface area (Å²) < 4.78 is 0. The minimum atomic E-state index is 0.246. The molecule has 2 unspecified atom stereocenters. The van der Waals surface area contributed by atoms with Crippen molar-refractivity contribution in [2.75, 3.05) is 13.1 Å². The van der Waals surface area contributed by atoms with Crippen LogP contribution in [-0.2, 0) is 0 Å². The van der Waals surface area contributed by atoms with Crippen molar-refractivity contribution >= 4 is 0 Å². The van der Waals surface area contributed by atoms with Crippen LogP contribution in [0.2, 0.25) is 0 Å². The third-order valence-corrected chi connectivity index (χ3v) is 4.02. The first kappa shape index (κ1) is 13.0. The highest BCUT2D eigenvalue weighted by Crippen LogP contribution is 2.30. The van der Waals surface area contributed by atoms with Crippen molar-refractivity contribution in [3.63, 3.8) is 0 Å². The summed E-state index contributed by atoms with van der Waals surface area (Å²) in [7, 11) is 0. The van der Waals surface area contributed by atoms with Gasteiger partial charge in [-0.15, -0.1) is 0 Å². The van der Waals surface area contributed by atoms with Gasteiger partial charge in [-0.25, -0.2) is 0 Å². The van der Waals surface area contributed by atoms with Crippen LogP contribution in [-0.4, -0.2) is 29.6 Å². The summed E-state index contributed by atoms with van der Waals surface area (Å²) in [6, 6.07) is 0.777. The summed E-state index contributed by atoms with van der Waals surface area (Å²) in [4.78, 5) is 2.69. The third-order valence-electron chi connectivity index (χ3n) is 4.02. The van der Waals surface area contributed by atoms with E-state index in [0.717, 1.165) is 12.6 Å². The Morgan fingerprint density at radius 1 is 1.33 bits per heavy atom. The Kier molecular flexibility index (Phi) is 5.07. The molecule has 2 atom stereocenters. The van der Waals surface area contributed by atoms with Gasteiger partial charge in [0.25, 0.3) is 0 Å². The van der Waals surface area contributed by atoms with Crippen LogP contribution in [0, 0.1) is 0 Å². The molecule has 0 aliphatic carbocycles. The lowest BCUT2D eigenvalue weighted by Crippen LogP contribution is -2.57. The van der Waals surface area contributed by atoms with Gasteiger partial charge < -0.3 is 5.73 Å². The van der Waals surface area contributed by atoms with Gasteiger partial charge in [0.15, 0.2) is 0 Å². The molecule has 0 aromatic rings. The topological polar surface area (TPSA) is 29.3 Å². The largest absolute Gasteiger partial charge is 0.329 e. The lowest BCUT2D eigenvalue weighted by molar-refractivity contribution is 0.0255. The van der Waals surface area contributed by atoms with Crippen molar-refractivity contribution < 1.29 is 0 Å². The molecule has 0 aromatic carbocycles. The fourth-order valence-electron chi connectivity index (χ4n) is 3.04. The summed E-state index contributed by atoms with van der Waals surface area (Å²) in [5.74, 6) is 0. The molecule has 90 valence electrons. The SMILES string of the molecule is CCCC(C)(CN)N1CCCCC1CC. The molecule has 0 saturated carbocycles. The maximum absolute atomic E-state index is 6.00. The van der Waals surface area contributed by atoms with E-state index in [9.17, 15) is 0 Å². The molecule has 2 N–H and O–H groups in total. The second-order valence-corrected chi connectivity index (χ2v) is 5.20. The smallest absolute Gasteiger partial charge is 0.0306 e. The Morgan fingerprint density at radius 3 is 2.60 bits per heavy atom. The molecule has 2 heteroatoms. The highest BCUT2D eigenvalue weighted by molar-refractivity contribution is 4.92. The first-order valence-corrected chi connectivity index (χ1v) is 6.64. The monoisotopic (exact) mass is 212 g/mol. The van der Waals surface area contributed by atoms with Crippen LogP contribution in [0.3, 0.4) is 0 Å². The quantitative estimate of drug-likeness (QED) is 0.759. The number of nitrogens with two attached hydrogens (primary N) is 1. The molecule has 0 aromatic heterocycles. The van der Waals surface area contributed by atoms with Crippen molar-refractivity contribution in [3.8, 4) is 0 Å². The van der Waals surface area contributed by atoms with Gasteiger partial charge in [0.2, 0.25) is 0 Å². The molecular formula is C13H28N2. The van der Waals surface area contributed by atoms with Gasteiger partial charge in [0, 0.05) is 18.1 Å². The van der Waals surface area contributed by atoms with E-state index < -0.39 is 0 Å². The molecule has 1 heterocycles. The number of nitrogens with zero attached hydrogens (tertiary/aromatic N) is 1. The zero-order chi connectivity index (χ0) is 11.3. The van der Waals surface area contributed by atoms with Gasteiger partial charge in [0.1, 0.15) is 0 Å². The summed E-state index contributed by atoms with van der Waals surface area (Å²) in [6.45, 7) is 8.98. The first-order valence-electron chi connectivity index (χ1n) is 6.64. The molecule has 2 nitrogen and oxygen atoms in total. The van der Waals surface area contributed by atoms with Crippen LogP contribution in [0.5, 0.6) is 0 Å². The molecule has 0 bridgehead atoms. The van der Waals surface area contributed by atoms with E-state index in [1.807, 2.05) is 0 Å². The molecular weight excluding hydrogens is 184 g/mol. The second kappa shape index (κ2) is 5.86. The van der Waals surface area contributed by atoms with Crippen molar-refractivity contribution in [2.45, 2.75) is 70.9 Å². The standard InChI is InChI=1S/C13H28N2/c1-4-9-13(3,11-14)15-10-7-6-8-12(15)5-2/h12H,4-11,14H2,1-3H3. The molecule has 1 rings (SSSR count). The number of hydrogen-bond donors (Lipinski definition) is 1. The average Bonchev–Trinajstić information content (AvgIpc) is 2.29. The Balaban J connectivity index is 2.70. The van der Waals surface area contributed by atoms with Gasteiger partial charge in [-0.05, 0) is 39.2 Å². The van der Waals surface area contributed by atoms with E-state index in [-0.39, 0.29) is 5.54 Å². The van der Waals surface area contributed by atoms with Crippen LogP contribution in [0.1, 0.15) is 59.3 Å². The molecule has 15 heavy (non-hydrogen) atoms. The maximum atomic E-state index is 6.00. The van der Waals surface area contributed by atoms with E-state index in [0.29, 0.717) is 0 Å². The summed E-state index contributed by atoms with van der Waals surface area (Å²) >= 11 is 0. The Morgan fingerprint density at radius 2 is 2.07 bits per heavy atom. The summed E-state index contributed by atoms with van der Waals surface area (Å²) in [6.07, 6.45) is 7.88. The van der Waals surface area contributed by atoms with E-state index >= 15 is 0 Å². The summed E-state index contributed by atoms with van der Waals surface area (Å²) in [5.41, 5.74) is 6.25. The molecule has 0 amide bonds. The minimum absolute atomic E-state index is 0.246. The predicted molar refractivity (Wildman–Crippen MR) is 67.0 cm³/mol. The summed E-state index contributed by atoms with van der Waals surface area (Å²) in [5, 5.41) is 0. The molecule has 0 radical (unpaired) electrons. The highest BCUT2D eigenvalue weighted by Gasteiger charge is 2.35. The van der Waals surface area contributed by atoms with Crippen molar-refractivity contribution in [1.82, 2.24) is 4.90 Å². The second-order valence-electron chi connectivity index (χ2n) is 5.20. The van der Waals surface area contributed by atoms with Gasteiger partial charge >= 0.3 is 0 Å². The fraction of sp³-hybridized carbons (Fsp3) is 1.00. The highest BCUT2D eigenvalue weighted by atomic mass is 15.2. The van der Waals surface area contributed by atoms with E-state index in [2.05, 4.69) is 25.7 Å².